The maximum absolute atomic E-state index is 13.6. The number of fused-ring (bicyclic) bond motifs is 2. The van der Waals surface area contributed by atoms with Crippen LogP contribution in [0, 0.1) is 0 Å². The fraction of sp³-hybridized carbons (Fsp3) is 0.340. The predicted octanol–water partition coefficient (Wildman–Crippen LogP) is 5.48. The minimum Gasteiger partial charge on any atom is -0.493 e. The number of carboxylic acids is 1. The van der Waals surface area contributed by atoms with Crippen molar-refractivity contribution >= 4 is 99.6 Å². The lowest BCUT2D eigenvalue weighted by Gasteiger charge is -2.27. The number of nitrogens with one attached hydrogen (secondary N) is 2. The molecule has 4 aromatic carbocycles. The molecule has 2 aliphatic heterocycles. The first kappa shape index (κ1) is 36.3. The number of esters is 2. The number of benzene rings is 4. The number of hydrogen-bond donors (Lipinski definition) is 4. The topological polar surface area (TPSA) is 307 Å². The van der Waals surface area contributed by atoms with Gasteiger partial charge < -0.3 is 45.2 Å². The molecule has 396 valence electrons. The Morgan fingerprint density at radius 1 is 0.708 bits per heavy atom. The summed E-state index contributed by atoms with van der Waals surface area (Å²) in [6, 6.07) is 11.2. The molecule has 25 heteroatoms. The van der Waals surface area contributed by atoms with Gasteiger partial charge in [-0.1, -0.05) is 31.7 Å². The molecule has 5 N–H and O–H groups in total. The van der Waals surface area contributed by atoms with Crippen molar-refractivity contribution in [3.8, 4) is 23.0 Å². The van der Waals surface area contributed by atoms with Gasteiger partial charge in [0.2, 0.25) is 11.8 Å². The van der Waals surface area contributed by atoms with Gasteiger partial charge in [-0.05, 0) is 73.4 Å². The molecule has 2 heterocycles. The van der Waals surface area contributed by atoms with Crippen molar-refractivity contribution in [2.24, 2.45) is 5.73 Å². The van der Waals surface area contributed by atoms with Gasteiger partial charge in [0.15, 0.2) is 23.0 Å². The number of rotatable bonds is 15. The van der Waals surface area contributed by atoms with Crippen LogP contribution in [0.15, 0.2) is 72.8 Å². The lowest BCUT2D eigenvalue weighted by atomic mass is 10.1. The standard InChI is InChI=1S/C22H24N2O7S.C12H19NO4S.C10H7NO4.C2H4O2.CH4.2H2S/c1-5-31-19-11-14(9-10-18(19)30-3)17(12-32(4,28)29)24-21(26)15-7-6-8-16(23-13(2)25)20(15)22(24)27;1-4-17-12-7-9(5-6-11(12)16-2)10(13)8-18(3,14)15;1-5(12)11-7-4-2-3-6-8(7)10(14)15-9(6)13;1-2(3)4;;;/h6-11,17H,5,12H2,1-4H3,(H,23,25);5-7,10H,4,8,13H2,1-3H3;2-4H,1H3,(H,11,12);1H3,(H,3,4);1H4;2*1H2/t17-;10-;;;;;/m11...../s1/i1D3,2D3,3D3,5D2;1D3,2D3,4D2;1D3;;;;. The van der Waals surface area contributed by atoms with Gasteiger partial charge in [-0.15, -0.1) is 0 Å². The minimum atomic E-state index is -4.02. The third kappa shape index (κ3) is 18.5. The number of carboxylic acid groups (broad SMARTS) is 1. The Kier molecular flexibility index (Phi) is 14.6. The van der Waals surface area contributed by atoms with E-state index in [0.29, 0.717) is 4.90 Å². The van der Waals surface area contributed by atoms with Gasteiger partial charge in [0, 0.05) is 55.6 Å². The normalized spacial score (nSPS) is 18.7. The van der Waals surface area contributed by atoms with E-state index < -0.39 is 168 Å². The summed E-state index contributed by atoms with van der Waals surface area (Å²) in [4.78, 5) is 82.6. The Morgan fingerprint density at radius 3 is 1.65 bits per heavy atom. The zero-order chi connectivity index (χ0) is 70.6. The maximum Gasteiger partial charge on any atom is 0.349 e. The van der Waals surface area contributed by atoms with Gasteiger partial charge in [0.1, 0.15) is 19.7 Å². The number of carbonyl (C=O) groups excluding carboxylic acids is 6. The monoisotopic (exact) mass is 1100 g/mol. The lowest BCUT2D eigenvalue weighted by Crippen LogP contribution is -2.37. The molecule has 0 fully saturated rings. The molecule has 72 heavy (non-hydrogen) atoms. The number of nitrogens with zero attached hydrogens (tertiary/aromatic N) is 1. The summed E-state index contributed by atoms with van der Waals surface area (Å²) < 4.78 is 232. The largest absolute Gasteiger partial charge is 0.493 e. The van der Waals surface area contributed by atoms with Gasteiger partial charge in [0.05, 0.1) is 92.1 Å². The third-order valence-corrected chi connectivity index (χ3v) is 10.5. The molecular weight excluding hydrogens is 1020 g/mol. The molecule has 0 aliphatic carbocycles. The first-order valence-corrected chi connectivity index (χ1v) is 22.8. The van der Waals surface area contributed by atoms with E-state index in [1.807, 2.05) is 0 Å². The van der Waals surface area contributed by atoms with Gasteiger partial charge in [-0.3, -0.25) is 28.9 Å². The van der Waals surface area contributed by atoms with Gasteiger partial charge in [0.25, 0.3) is 17.8 Å². The quantitative estimate of drug-likeness (QED) is 0.0650. The van der Waals surface area contributed by atoms with E-state index in [1.165, 1.54) is 36.4 Å². The van der Waals surface area contributed by atoms with Crippen LogP contribution in [0.5, 0.6) is 23.0 Å². The fourth-order valence-electron chi connectivity index (χ4n) is 6.13. The van der Waals surface area contributed by atoms with Crippen LogP contribution in [0.1, 0.15) is 137 Å². The smallest absolute Gasteiger partial charge is 0.349 e. The van der Waals surface area contributed by atoms with Crippen molar-refractivity contribution in [1.82, 2.24) is 4.90 Å². The lowest BCUT2D eigenvalue weighted by molar-refractivity contribution is -0.134. The Morgan fingerprint density at radius 2 is 1.18 bits per heavy atom. The van der Waals surface area contributed by atoms with Crippen molar-refractivity contribution in [1.29, 1.82) is 0 Å². The molecular formula is C47H62N4O17S4. The molecule has 21 nitrogen and oxygen atoms in total. The van der Waals surface area contributed by atoms with E-state index in [1.54, 1.807) is 0 Å². The molecule has 0 radical (unpaired) electrons. The van der Waals surface area contributed by atoms with Crippen LogP contribution in [-0.4, -0.2) is 120 Å². The number of ether oxygens (including phenoxy) is 5. The van der Waals surface area contributed by atoms with Crippen molar-refractivity contribution in [2.75, 3.05) is 61.8 Å². The SMILES string of the molecule is C.CC(=O)O.S.S.[2H]C([2H])([2H])C(=O)Nc1cccc2c1C(=O)OC2=O.[2H]C([2H])([2H])Oc1ccc([C@@H](CS(C)(=O)=O)N2C(=O)c3cccc(NC(=O)C([2H])([2H])[2H])c3C2=O)cc1OC([2H])([2H])C([2H])([2H])[2H].[2H]C([2H])([2H])Oc1ccc([C@H](N)CS(C)(=O)=O)cc1OC([2H])([2H])C([2H])([2H])[2H]. The van der Waals surface area contributed by atoms with Crippen molar-refractivity contribution in [3.05, 3.63) is 106 Å². The average Bonchev–Trinajstić information content (AvgIpc) is 1.57. The van der Waals surface area contributed by atoms with E-state index in [-0.39, 0.29) is 73.6 Å². The van der Waals surface area contributed by atoms with Crippen LogP contribution in [0.4, 0.5) is 11.4 Å². The Hall–Kier alpha value is -6.67. The molecule has 0 aromatic heterocycles. The van der Waals surface area contributed by atoms with Gasteiger partial charge >= 0.3 is 11.9 Å². The number of methoxy groups -OCH3 is 2. The van der Waals surface area contributed by atoms with Crippen molar-refractivity contribution < 1.29 is 109 Å². The molecule has 0 spiro atoms. The number of anilines is 2. The van der Waals surface area contributed by atoms with Gasteiger partial charge in [-0.2, -0.15) is 27.0 Å². The number of cyclic esters (lactones) is 2. The van der Waals surface area contributed by atoms with Crippen LogP contribution in [0.3, 0.4) is 0 Å². The highest BCUT2D eigenvalue weighted by atomic mass is 32.2. The molecule has 0 saturated heterocycles. The number of carbonyl (C=O) groups is 7. The highest BCUT2D eigenvalue weighted by Crippen LogP contribution is 2.39. The second-order valence-electron chi connectivity index (χ2n) is 13.9. The van der Waals surface area contributed by atoms with Crippen molar-refractivity contribution in [2.45, 2.75) is 53.8 Å². The first-order chi connectivity index (χ1) is 40.8. The molecule has 2 aliphatic rings. The number of imide groups is 1. The second kappa shape index (κ2) is 29.0. The Labute approximate surface area is 463 Å². The number of nitrogens with two attached hydrogens (primary N) is 1. The van der Waals surface area contributed by atoms with Crippen LogP contribution in [0.25, 0.3) is 0 Å². The summed E-state index contributed by atoms with van der Waals surface area (Å²) >= 11 is 0. The molecule has 6 rings (SSSR count). The highest BCUT2D eigenvalue weighted by molar-refractivity contribution is 7.90. The number of amides is 4. The predicted molar refractivity (Wildman–Crippen MR) is 280 cm³/mol. The Balaban J connectivity index is 0.00000144. The number of sulfone groups is 2. The van der Waals surface area contributed by atoms with Crippen LogP contribution < -0.4 is 35.3 Å². The molecule has 4 aromatic rings. The van der Waals surface area contributed by atoms with Crippen molar-refractivity contribution in [3.63, 3.8) is 0 Å². The van der Waals surface area contributed by atoms with Crippen LogP contribution in [0.2, 0.25) is 0 Å². The fourth-order valence-corrected chi connectivity index (χ4v) is 7.89. The van der Waals surface area contributed by atoms with Crippen LogP contribution >= 0.6 is 27.0 Å². The average molecular weight is 1110 g/mol. The zero-order valence-electron chi connectivity index (χ0n) is 58.8. The molecule has 4 amide bonds. The van der Waals surface area contributed by atoms with E-state index >= 15 is 0 Å². The first-order valence-electron chi connectivity index (χ1n) is 29.7. The summed E-state index contributed by atoms with van der Waals surface area (Å²) in [7, 11) is -13.5. The maximum atomic E-state index is 13.6. The minimum absolute atomic E-state index is 0. The third-order valence-electron chi connectivity index (χ3n) is 8.66. The summed E-state index contributed by atoms with van der Waals surface area (Å²) in [5.74, 6) is -11.2. The van der Waals surface area contributed by atoms with Crippen LogP contribution in [-0.2, 0) is 38.8 Å². The number of hydrogen-bond acceptors (Lipinski definition) is 17. The molecule has 2 atom stereocenters. The summed E-state index contributed by atoms with van der Waals surface area (Å²) in [5.41, 5.74) is 4.48. The summed E-state index contributed by atoms with van der Waals surface area (Å²) in [6.45, 7) is -18.0. The second-order valence-corrected chi connectivity index (χ2v) is 18.2. The van der Waals surface area contributed by atoms with E-state index in [2.05, 4.69) is 15.4 Å². The number of aliphatic carboxylic acids is 1. The molecule has 0 unspecified atom stereocenters. The zero-order valence-corrected chi connectivity index (χ0v) is 40.5. The van der Waals surface area contributed by atoms with E-state index in [4.69, 9.17) is 64.7 Å². The highest BCUT2D eigenvalue weighted by Gasteiger charge is 2.43. The Bertz CT molecular complexity index is 3690. The molecule has 0 saturated carbocycles. The van der Waals surface area contributed by atoms with Gasteiger partial charge in [-0.25, -0.2) is 26.4 Å². The van der Waals surface area contributed by atoms with E-state index in [0.717, 1.165) is 55.8 Å². The molecule has 0 bridgehead atoms. The summed E-state index contributed by atoms with van der Waals surface area (Å²) in [6.07, 6.45) is 1.76. The van der Waals surface area contributed by atoms with E-state index in [9.17, 15) is 45.6 Å². The summed E-state index contributed by atoms with van der Waals surface area (Å²) in [5, 5.41) is 11.6.